The van der Waals surface area contributed by atoms with E-state index in [1.807, 2.05) is 24.4 Å². The van der Waals surface area contributed by atoms with E-state index in [1.54, 1.807) is 23.0 Å². The molecule has 4 rings (SSSR count). The number of hydrogen-bond donors (Lipinski definition) is 1. The molecule has 0 saturated heterocycles. The van der Waals surface area contributed by atoms with Crippen LogP contribution in [0.4, 0.5) is 0 Å². The van der Waals surface area contributed by atoms with Crippen molar-refractivity contribution in [3.63, 3.8) is 0 Å². The Morgan fingerprint density at radius 2 is 1.79 bits per heavy atom. The van der Waals surface area contributed by atoms with Crippen molar-refractivity contribution in [2.75, 3.05) is 6.54 Å². The molecule has 2 aromatic carbocycles. The van der Waals surface area contributed by atoms with Gasteiger partial charge in [0.1, 0.15) is 18.1 Å². The number of benzene rings is 2. The Balaban J connectivity index is 1.28. The number of carbonyl (C=O) groups is 1. The second-order valence-corrected chi connectivity index (χ2v) is 9.16. The molecule has 33 heavy (non-hydrogen) atoms. The first kappa shape index (κ1) is 22.9. The quantitative estimate of drug-likeness (QED) is 0.321. The summed E-state index contributed by atoms with van der Waals surface area (Å²) in [5.74, 6) is 1.33. The van der Waals surface area contributed by atoms with E-state index >= 15 is 0 Å². The van der Waals surface area contributed by atoms with Crippen LogP contribution in [0.15, 0.2) is 88.0 Å². The Kier molecular flexibility index (Phi) is 6.99. The predicted octanol–water partition coefficient (Wildman–Crippen LogP) is 5.57. The molecule has 6 nitrogen and oxygen atoms in total. The van der Waals surface area contributed by atoms with E-state index in [1.165, 1.54) is 11.1 Å². The Labute approximate surface area is 201 Å². The van der Waals surface area contributed by atoms with Crippen LogP contribution < -0.4 is 10.1 Å². The number of aromatic nitrogens is 2. The van der Waals surface area contributed by atoms with Gasteiger partial charge in [0.15, 0.2) is 5.76 Å². The molecule has 2 aromatic heterocycles. The lowest BCUT2D eigenvalue weighted by molar-refractivity contribution is 0.0920. The molecule has 0 aliphatic carbocycles. The van der Waals surface area contributed by atoms with Crippen LogP contribution in [0.5, 0.6) is 5.75 Å². The summed E-state index contributed by atoms with van der Waals surface area (Å²) in [6.07, 6.45) is 3.56. The van der Waals surface area contributed by atoms with Crippen molar-refractivity contribution >= 4 is 21.8 Å². The van der Waals surface area contributed by atoms with E-state index in [0.717, 1.165) is 10.2 Å². The van der Waals surface area contributed by atoms with Gasteiger partial charge in [-0.25, -0.2) is 0 Å². The fraction of sp³-hybridized carbons (Fsp3) is 0.231. The highest BCUT2D eigenvalue weighted by molar-refractivity contribution is 9.10. The number of amides is 1. The average molecular weight is 508 g/mol. The van der Waals surface area contributed by atoms with Crippen molar-refractivity contribution in [3.8, 4) is 5.75 Å². The van der Waals surface area contributed by atoms with Crippen LogP contribution in [0.3, 0.4) is 0 Å². The van der Waals surface area contributed by atoms with Gasteiger partial charge in [0, 0.05) is 18.2 Å². The van der Waals surface area contributed by atoms with Crippen LogP contribution in [0, 0.1) is 0 Å². The minimum absolute atomic E-state index is 0.100. The first-order valence-electron chi connectivity index (χ1n) is 10.8. The highest BCUT2D eigenvalue weighted by atomic mass is 79.9. The highest BCUT2D eigenvalue weighted by Gasteiger charge is 2.22. The highest BCUT2D eigenvalue weighted by Crippen LogP contribution is 2.32. The van der Waals surface area contributed by atoms with Crippen molar-refractivity contribution in [1.29, 1.82) is 0 Å². The third kappa shape index (κ3) is 5.73. The first-order valence-corrected chi connectivity index (χ1v) is 11.5. The SMILES string of the molecule is CC(C)(c1ccccc1)c1ccc(OCc2ccc(C(=O)NCCn3cc(Br)cn3)o2)cc1. The molecule has 0 aliphatic heterocycles. The maximum atomic E-state index is 12.3. The summed E-state index contributed by atoms with van der Waals surface area (Å²) in [5.41, 5.74) is 2.37. The van der Waals surface area contributed by atoms with E-state index in [2.05, 4.69) is 76.6 Å². The number of hydrogen-bond acceptors (Lipinski definition) is 4. The number of rotatable bonds is 9. The molecule has 0 bridgehead atoms. The largest absolute Gasteiger partial charge is 0.486 e. The predicted molar refractivity (Wildman–Crippen MR) is 130 cm³/mol. The average Bonchev–Trinajstić information content (AvgIpc) is 3.47. The van der Waals surface area contributed by atoms with Gasteiger partial charge in [0.05, 0.1) is 17.2 Å². The lowest BCUT2D eigenvalue weighted by Gasteiger charge is -2.26. The topological polar surface area (TPSA) is 69.3 Å². The lowest BCUT2D eigenvalue weighted by atomic mass is 9.78. The van der Waals surface area contributed by atoms with E-state index in [-0.39, 0.29) is 23.7 Å². The summed E-state index contributed by atoms with van der Waals surface area (Å²) >= 11 is 3.35. The molecule has 0 unspecified atom stereocenters. The van der Waals surface area contributed by atoms with Gasteiger partial charge >= 0.3 is 0 Å². The Hall–Kier alpha value is -3.32. The fourth-order valence-corrected chi connectivity index (χ4v) is 3.88. The second-order valence-electron chi connectivity index (χ2n) is 8.25. The molecule has 0 radical (unpaired) electrons. The fourth-order valence-electron chi connectivity index (χ4n) is 3.55. The molecule has 7 heteroatoms. The second kappa shape index (κ2) is 10.1. The molecule has 1 N–H and O–H groups in total. The van der Waals surface area contributed by atoms with Crippen LogP contribution in [0.25, 0.3) is 0 Å². The molecule has 170 valence electrons. The van der Waals surface area contributed by atoms with Crippen molar-refractivity contribution in [2.45, 2.75) is 32.4 Å². The number of halogens is 1. The van der Waals surface area contributed by atoms with E-state index in [4.69, 9.17) is 9.15 Å². The lowest BCUT2D eigenvalue weighted by Crippen LogP contribution is -2.27. The summed E-state index contributed by atoms with van der Waals surface area (Å²) in [7, 11) is 0. The number of carbonyl (C=O) groups excluding carboxylic acids is 1. The zero-order chi connectivity index (χ0) is 23.3. The molecule has 0 saturated carbocycles. The maximum Gasteiger partial charge on any atom is 0.287 e. The molecule has 4 aromatic rings. The van der Waals surface area contributed by atoms with Crippen LogP contribution in [0.1, 0.15) is 41.3 Å². The molecule has 0 atom stereocenters. The molecule has 0 spiro atoms. The smallest absolute Gasteiger partial charge is 0.287 e. The maximum absolute atomic E-state index is 12.3. The minimum atomic E-state index is -0.264. The summed E-state index contributed by atoms with van der Waals surface area (Å²) in [6.45, 7) is 5.69. The standard InChI is InChI=1S/C26H26BrN3O3/c1-26(2,19-6-4-3-5-7-19)20-8-10-22(11-9-20)32-18-23-12-13-24(33-23)25(31)28-14-15-30-17-21(27)16-29-30/h3-13,16-17H,14-15,18H2,1-2H3,(H,28,31). The molecule has 1 amide bonds. The number of ether oxygens (including phenoxy) is 1. The van der Waals surface area contributed by atoms with E-state index in [0.29, 0.717) is 18.8 Å². The Bertz CT molecular complexity index is 1200. The molecular formula is C26H26BrN3O3. The summed E-state index contributed by atoms with van der Waals surface area (Å²) in [6, 6.07) is 21.9. The van der Waals surface area contributed by atoms with Crippen molar-refractivity contribution in [3.05, 3.63) is 106 Å². The van der Waals surface area contributed by atoms with Gasteiger partial charge in [-0.2, -0.15) is 5.10 Å². The van der Waals surface area contributed by atoms with Gasteiger partial charge in [-0.15, -0.1) is 0 Å². The van der Waals surface area contributed by atoms with E-state index in [9.17, 15) is 4.79 Å². The molecule has 2 heterocycles. The first-order chi connectivity index (χ1) is 15.9. The zero-order valence-corrected chi connectivity index (χ0v) is 20.2. The summed E-state index contributed by atoms with van der Waals surface area (Å²) in [5, 5.41) is 6.98. The molecule has 0 fully saturated rings. The molecule has 0 aliphatic rings. The number of nitrogens with zero attached hydrogens (tertiary/aromatic N) is 2. The van der Waals surface area contributed by atoms with E-state index < -0.39 is 0 Å². The Morgan fingerprint density at radius 1 is 1.06 bits per heavy atom. The third-order valence-electron chi connectivity index (χ3n) is 5.57. The van der Waals surface area contributed by atoms with Gasteiger partial charge in [-0.05, 0) is 51.3 Å². The van der Waals surface area contributed by atoms with Gasteiger partial charge in [0.2, 0.25) is 0 Å². The van der Waals surface area contributed by atoms with Gasteiger partial charge in [-0.3, -0.25) is 9.48 Å². The third-order valence-corrected chi connectivity index (χ3v) is 5.98. The monoisotopic (exact) mass is 507 g/mol. The van der Waals surface area contributed by atoms with Gasteiger partial charge < -0.3 is 14.5 Å². The van der Waals surface area contributed by atoms with Gasteiger partial charge in [-0.1, -0.05) is 56.3 Å². The summed E-state index contributed by atoms with van der Waals surface area (Å²) < 4.78 is 14.2. The minimum Gasteiger partial charge on any atom is -0.486 e. The number of nitrogens with one attached hydrogen (secondary N) is 1. The zero-order valence-electron chi connectivity index (χ0n) is 18.6. The van der Waals surface area contributed by atoms with Gasteiger partial charge in [0.25, 0.3) is 5.91 Å². The van der Waals surface area contributed by atoms with Crippen molar-refractivity contribution in [1.82, 2.24) is 15.1 Å². The molecular weight excluding hydrogens is 482 g/mol. The normalized spacial score (nSPS) is 11.4. The number of furan rings is 1. The summed E-state index contributed by atoms with van der Waals surface area (Å²) in [4.78, 5) is 12.3. The van der Waals surface area contributed by atoms with Crippen LogP contribution in [0.2, 0.25) is 0 Å². The van der Waals surface area contributed by atoms with Crippen molar-refractivity contribution < 1.29 is 13.9 Å². The van der Waals surface area contributed by atoms with Crippen LogP contribution in [-0.2, 0) is 18.6 Å². The Morgan fingerprint density at radius 3 is 2.48 bits per heavy atom. The van der Waals surface area contributed by atoms with Crippen LogP contribution >= 0.6 is 15.9 Å². The van der Waals surface area contributed by atoms with Crippen LogP contribution in [-0.4, -0.2) is 22.2 Å². The van der Waals surface area contributed by atoms with Crippen molar-refractivity contribution in [2.24, 2.45) is 0 Å².